The Kier molecular flexibility index (Phi) is 7.05. The molecule has 2 aromatic rings. The highest BCUT2D eigenvalue weighted by molar-refractivity contribution is 5.98. The maximum Gasteiger partial charge on any atom is 0.280 e. The van der Waals surface area contributed by atoms with Gasteiger partial charge in [-0.15, -0.1) is 0 Å². The summed E-state index contributed by atoms with van der Waals surface area (Å²) in [7, 11) is 0. The molecular weight excluding hydrogens is 348 g/mol. The van der Waals surface area contributed by atoms with Crippen molar-refractivity contribution in [2.24, 2.45) is 0 Å². The van der Waals surface area contributed by atoms with Crippen molar-refractivity contribution < 1.29 is 19.2 Å². The summed E-state index contributed by atoms with van der Waals surface area (Å²) in [4.78, 5) is 33.9. The Balaban J connectivity index is 1.85. The summed E-state index contributed by atoms with van der Waals surface area (Å²) in [5.41, 5.74) is 0.783. The summed E-state index contributed by atoms with van der Waals surface area (Å²) in [6, 6.07) is 13.7. The smallest absolute Gasteiger partial charge is 0.280 e. The second-order valence-electron chi connectivity index (χ2n) is 6.22. The summed E-state index contributed by atoms with van der Waals surface area (Å²) in [6.07, 6.45) is 0.488. The van der Waals surface area contributed by atoms with E-state index in [0.29, 0.717) is 25.1 Å². The lowest BCUT2D eigenvalue weighted by molar-refractivity contribution is -0.385. The fourth-order valence-corrected chi connectivity index (χ4v) is 2.54. The molecule has 7 heteroatoms. The minimum atomic E-state index is -0.596. The van der Waals surface area contributed by atoms with Gasteiger partial charge in [-0.25, -0.2) is 0 Å². The molecule has 0 aliphatic carbocycles. The average molecular weight is 370 g/mol. The monoisotopic (exact) mass is 370 g/mol. The van der Waals surface area contributed by atoms with Crippen LogP contribution in [-0.2, 0) is 11.3 Å². The Morgan fingerprint density at radius 2 is 1.89 bits per heavy atom. The molecule has 1 unspecified atom stereocenters. The number of ether oxygens (including phenoxy) is 1. The first kappa shape index (κ1) is 20.1. The molecule has 0 heterocycles. The third-order valence-electron chi connectivity index (χ3n) is 3.99. The molecule has 0 saturated carbocycles. The lowest BCUT2D eigenvalue weighted by Gasteiger charge is -2.15. The number of nitro benzene ring substituents is 1. The van der Waals surface area contributed by atoms with Crippen LogP contribution in [-0.4, -0.2) is 22.7 Å². The Bertz CT molecular complexity index is 820. The Morgan fingerprint density at radius 3 is 2.52 bits per heavy atom. The number of nitro groups is 1. The minimum Gasteiger partial charge on any atom is -0.491 e. The number of Topliss-reactive ketones (excluding diaryl/α,β-unsaturated/α-hetero) is 1. The topological polar surface area (TPSA) is 98.5 Å². The summed E-state index contributed by atoms with van der Waals surface area (Å²) >= 11 is 0. The van der Waals surface area contributed by atoms with Crippen LogP contribution in [0.15, 0.2) is 48.5 Å². The molecule has 27 heavy (non-hydrogen) atoms. The van der Waals surface area contributed by atoms with Gasteiger partial charge in [0.15, 0.2) is 5.78 Å². The van der Waals surface area contributed by atoms with Crippen molar-refractivity contribution in [3.05, 3.63) is 69.8 Å². The van der Waals surface area contributed by atoms with E-state index in [0.717, 1.165) is 5.56 Å². The molecule has 7 nitrogen and oxygen atoms in total. The van der Waals surface area contributed by atoms with Gasteiger partial charge in [0.05, 0.1) is 16.6 Å². The quantitative estimate of drug-likeness (QED) is 0.413. The fraction of sp³-hybridized carbons (Fsp3) is 0.300. The van der Waals surface area contributed by atoms with Crippen LogP contribution in [0, 0.1) is 10.1 Å². The van der Waals surface area contributed by atoms with E-state index in [2.05, 4.69) is 5.32 Å². The highest BCUT2D eigenvalue weighted by Gasteiger charge is 2.19. The molecule has 0 saturated heterocycles. The summed E-state index contributed by atoms with van der Waals surface area (Å²) in [6.45, 7) is 3.55. The van der Waals surface area contributed by atoms with Crippen molar-refractivity contribution in [3.63, 3.8) is 0 Å². The zero-order chi connectivity index (χ0) is 19.8. The average Bonchev–Trinajstić information content (AvgIpc) is 2.65. The van der Waals surface area contributed by atoms with Crippen molar-refractivity contribution in [2.45, 2.75) is 39.3 Å². The number of benzene rings is 2. The molecule has 0 aromatic heterocycles. The van der Waals surface area contributed by atoms with Gasteiger partial charge in [0.2, 0.25) is 5.91 Å². The van der Waals surface area contributed by atoms with Gasteiger partial charge in [-0.2, -0.15) is 0 Å². The first-order valence-corrected chi connectivity index (χ1v) is 8.63. The second-order valence-corrected chi connectivity index (χ2v) is 6.22. The van der Waals surface area contributed by atoms with Gasteiger partial charge in [0.1, 0.15) is 5.75 Å². The van der Waals surface area contributed by atoms with Gasteiger partial charge in [0, 0.05) is 19.0 Å². The Hall–Kier alpha value is -3.22. The lowest BCUT2D eigenvalue weighted by atomic mass is 10.1. The standard InChI is InChI=1S/C20H22N2O5/c1-14(8-11-20(24)21-13-16-6-4-3-5-7-16)27-17-9-10-19(22(25)26)18(12-17)15(2)23/h3-7,9-10,12,14H,8,11,13H2,1-2H3,(H,21,24). The van der Waals surface area contributed by atoms with Crippen molar-refractivity contribution in [3.8, 4) is 5.75 Å². The molecule has 0 spiro atoms. The number of nitrogens with one attached hydrogen (secondary N) is 1. The van der Waals surface area contributed by atoms with Crippen LogP contribution < -0.4 is 10.1 Å². The Morgan fingerprint density at radius 1 is 1.19 bits per heavy atom. The van der Waals surface area contributed by atoms with Crippen molar-refractivity contribution >= 4 is 17.4 Å². The summed E-state index contributed by atoms with van der Waals surface area (Å²) < 4.78 is 5.70. The fourth-order valence-electron chi connectivity index (χ4n) is 2.54. The predicted molar refractivity (Wildman–Crippen MR) is 101 cm³/mol. The second kappa shape index (κ2) is 9.47. The highest BCUT2D eigenvalue weighted by Crippen LogP contribution is 2.25. The third kappa shape index (κ3) is 6.22. The zero-order valence-electron chi connectivity index (χ0n) is 15.3. The molecule has 142 valence electrons. The van der Waals surface area contributed by atoms with Gasteiger partial charge in [-0.3, -0.25) is 19.7 Å². The van der Waals surface area contributed by atoms with E-state index in [1.807, 2.05) is 30.3 Å². The number of amides is 1. The van der Waals surface area contributed by atoms with E-state index < -0.39 is 10.7 Å². The maximum atomic E-state index is 12.0. The molecule has 1 atom stereocenters. The first-order chi connectivity index (χ1) is 12.9. The minimum absolute atomic E-state index is 0.00491. The molecule has 0 radical (unpaired) electrons. The number of carbonyl (C=O) groups is 2. The lowest BCUT2D eigenvalue weighted by Crippen LogP contribution is -2.24. The van der Waals surface area contributed by atoms with Crippen LogP contribution in [0.4, 0.5) is 5.69 Å². The molecule has 0 fully saturated rings. The molecule has 2 aromatic carbocycles. The molecule has 1 amide bonds. The van der Waals surface area contributed by atoms with E-state index in [-0.39, 0.29) is 23.3 Å². The highest BCUT2D eigenvalue weighted by atomic mass is 16.6. The van der Waals surface area contributed by atoms with Crippen LogP contribution in [0.2, 0.25) is 0 Å². The number of nitrogens with zero attached hydrogens (tertiary/aromatic N) is 1. The molecule has 0 aliphatic heterocycles. The number of ketones is 1. The van der Waals surface area contributed by atoms with E-state index in [9.17, 15) is 19.7 Å². The molecule has 0 aliphatic rings. The van der Waals surface area contributed by atoms with Gasteiger partial charge in [-0.1, -0.05) is 30.3 Å². The van der Waals surface area contributed by atoms with Gasteiger partial charge >= 0.3 is 0 Å². The van der Waals surface area contributed by atoms with Crippen molar-refractivity contribution in [2.75, 3.05) is 0 Å². The van der Waals surface area contributed by atoms with E-state index >= 15 is 0 Å². The normalized spacial score (nSPS) is 11.5. The van der Waals surface area contributed by atoms with Crippen LogP contribution in [0.3, 0.4) is 0 Å². The largest absolute Gasteiger partial charge is 0.491 e. The summed E-state index contributed by atoms with van der Waals surface area (Å²) in [5, 5.41) is 13.8. The number of rotatable bonds is 9. The van der Waals surface area contributed by atoms with E-state index in [1.54, 1.807) is 6.92 Å². The Labute approximate surface area is 157 Å². The third-order valence-corrected chi connectivity index (χ3v) is 3.99. The predicted octanol–water partition coefficient (Wildman–Crippen LogP) is 3.66. The van der Waals surface area contributed by atoms with Crippen LogP contribution in [0.25, 0.3) is 0 Å². The number of carbonyl (C=O) groups excluding carboxylic acids is 2. The van der Waals surface area contributed by atoms with E-state index in [4.69, 9.17) is 4.74 Å². The first-order valence-electron chi connectivity index (χ1n) is 8.63. The molecule has 2 rings (SSSR count). The maximum absolute atomic E-state index is 12.0. The van der Waals surface area contributed by atoms with E-state index in [1.165, 1.54) is 25.1 Å². The summed E-state index contributed by atoms with van der Waals surface area (Å²) in [5.74, 6) is -0.120. The van der Waals surface area contributed by atoms with Gasteiger partial charge < -0.3 is 10.1 Å². The zero-order valence-corrected chi connectivity index (χ0v) is 15.3. The molecule has 0 bridgehead atoms. The van der Waals surface area contributed by atoms with Gasteiger partial charge in [-0.05, 0) is 38.0 Å². The van der Waals surface area contributed by atoms with Crippen molar-refractivity contribution in [1.82, 2.24) is 5.32 Å². The molecule has 1 N–H and O–H groups in total. The van der Waals surface area contributed by atoms with Crippen LogP contribution in [0.5, 0.6) is 5.75 Å². The van der Waals surface area contributed by atoms with Gasteiger partial charge in [0.25, 0.3) is 5.69 Å². The van der Waals surface area contributed by atoms with Crippen LogP contribution in [0.1, 0.15) is 42.6 Å². The van der Waals surface area contributed by atoms with Crippen LogP contribution >= 0.6 is 0 Å². The van der Waals surface area contributed by atoms with Crippen molar-refractivity contribution in [1.29, 1.82) is 0 Å². The SMILES string of the molecule is CC(=O)c1cc(OC(C)CCC(=O)NCc2ccccc2)ccc1[N+](=O)[O-]. The number of hydrogen-bond acceptors (Lipinski definition) is 5. The number of hydrogen-bond donors (Lipinski definition) is 1. The molecular formula is C20H22N2O5.